The third-order valence-electron chi connectivity index (χ3n) is 8.82. The van der Waals surface area contributed by atoms with Crippen molar-refractivity contribution in [1.82, 2.24) is 9.13 Å². The molecule has 7 aromatic rings. The molecule has 5 aromatic carbocycles. The summed E-state index contributed by atoms with van der Waals surface area (Å²) in [6.07, 6.45) is 0. The Morgan fingerprint density at radius 2 is 0.690 bits per heavy atom. The van der Waals surface area contributed by atoms with Gasteiger partial charge in [-0.25, -0.2) is 18.3 Å². The largest absolute Gasteiger partial charge is 0.289 e. The van der Waals surface area contributed by atoms with Crippen LogP contribution in [0.4, 0.5) is 0 Å². The first-order valence-corrected chi connectivity index (χ1v) is 14.5. The molecule has 0 aliphatic rings. The van der Waals surface area contributed by atoms with Crippen molar-refractivity contribution in [2.24, 2.45) is 28.2 Å². The van der Waals surface area contributed by atoms with Gasteiger partial charge in [0.25, 0.3) is 11.6 Å². The maximum atomic E-state index is 2.29. The van der Waals surface area contributed by atoms with E-state index in [0.29, 0.717) is 0 Å². The Morgan fingerprint density at radius 1 is 0.405 bits per heavy atom. The van der Waals surface area contributed by atoms with E-state index in [-0.39, 0.29) is 0 Å². The summed E-state index contributed by atoms with van der Waals surface area (Å²) in [6.45, 7) is 4.29. The second-order valence-corrected chi connectivity index (χ2v) is 11.6. The Labute approximate surface area is 247 Å². The van der Waals surface area contributed by atoms with Gasteiger partial charge in [-0.3, -0.25) is 0 Å². The van der Waals surface area contributed by atoms with Gasteiger partial charge in [0, 0.05) is 0 Å². The lowest BCUT2D eigenvalue weighted by Gasteiger charge is -2.07. The van der Waals surface area contributed by atoms with Crippen LogP contribution in [-0.2, 0) is 28.2 Å². The molecular weight excluding hydrogens is 512 g/mol. The minimum Gasteiger partial charge on any atom is -0.226 e. The molecule has 0 bridgehead atoms. The summed E-state index contributed by atoms with van der Waals surface area (Å²) >= 11 is 0. The molecule has 0 aliphatic carbocycles. The molecule has 4 heteroatoms. The van der Waals surface area contributed by atoms with Gasteiger partial charge in [0.05, 0.1) is 39.3 Å². The molecule has 4 nitrogen and oxygen atoms in total. The first-order chi connectivity index (χ1) is 20.3. The van der Waals surface area contributed by atoms with E-state index < -0.39 is 0 Å². The Kier molecular flexibility index (Phi) is 6.09. The predicted octanol–water partition coefficient (Wildman–Crippen LogP) is 7.60. The molecule has 206 valence electrons. The third-order valence-corrected chi connectivity index (χ3v) is 8.82. The highest BCUT2D eigenvalue weighted by molar-refractivity contribution is 5.79. The molecule has 0 aliphatic heterocycles. The molecule has 0 radical (unpaired) electrons. The highest BCUT2D eigenvalue weighted by Gasteiger charge is 2.23. The Morgan fingerprint density at radius 3 is 1.00 bits per heavy atom. The molecule has 0 saturated carbocycles. The Balaban J connectivity index is 1.14. The fourth-order valence-electron chi connectivity index (χ4n) is 6.53. The zero-order chi connectivity index (χ0) is 29.1. The molecule has 7 rings (SSSR count). The summed E-state index contributed by atoms with van der Waals surface area (Å²) in [5.41, 5.74) is 14.8. The summed E-state index contributed by atoms with van der Waals surface area (Å²) < 4.78 is 9.15. The summed E-state index contributed by atoms with van der Waals surface area (Å²) in [7, 11) is 8.60. The van der Waals surface area contributed by atoms with E-state index in [4.69, 9.17) is 0 Å². The maximum Gasteiger partial charge on any atom is 0.289 e. The van der Waals surface area contributed by atoms with Crippen molar-refractivity contribution in [3.8, 4) is 45.0 Å². The average molecular weight is 549 g/mol. The standard InChI is InChI=1S/C38H36N4/c1-25-7-21-33-35(23-25)41(5)37(39(33)3)31-17-13-29(14-18-31)27-9-11-28(12-10-27)30-15-19-32(20-16-30)38-40(4)34-22-8-26(2)24-36(34)42(38)6/h7-24H,1-6H3/q+2. The first kappa shape index (κ1) is 26.0. The van der Waals surface area contributed by atoms with Gasteiger partial charge < -0.3 is 0 Å². The van der Waals surface area contributed by atoms with Gasteiger partial charge in [-0.2, -0.15) is 0 Å². The van der Waals surface area contributed by atoms with Gasteiger partial charge in [-0.15, -0.1) is 0 Å². The molecule has 2 aromatic heterocycles. The van der Waals surface area contributed by atoms with Crippen LogP contribution in [0.2, 0.25) is 0 Å². The maximum absolute atomic E-state index is 2.29. The monoisotopic (exact) mass is 548 g/mol. The van der Waals surface area contributed by atoms with Gasteiger partial charge in [0.2, 0.25) is 0 Å². The second kappa shape index (κ2) is 9.85. The molecule has 0 saturated heterocycles. The molecule has 2 heterocycles. The minimum absolute atomic E-state index is 1.20. The molecular formula is C38H36N4+2. The van der Waals surface area contributed by atoms with E-state index in [0.717, 1.165) is 0 Å². The van der Waals surface area contributed by atoms with Crippen molar-refractivity contribution in [2.45, 2.75) is 13.8 Å². The van der Waals surface area contributed by atoms with Gasteiger partial charge in [-0.1, -0.05) is 60.7 Å². The first-order valence-electron chi connectivity index (χ1n) is 14.5. The topological polar surface area (TPSA) is 17.6 Å². The highest BCUT2D eigenvalue weighted by Crippen LogP contribution is 2.30. The summed E-state index contributed by atoms with van der Waals surface area (Å²) in [6, 6.07) is 40.0. The fourth-order valence-corrected chi connectivity index (χ4v) is 6.53. The lowest BCUT2D eigenvalue weighted by molar-refractivity contribution is -0.634. The minimum atomic E-state index is 1.20. The lowest BCUT2D eigenvalue weighted by Crippen LogP contribution is -2.29. The van der Waals surface area contributed by atoms with E-state index in [1.54, 1.807) is 0 Å². The predicted molar refractivity (Wildman–Crippen MR) is 173 cm³/mol. The molecule has 0 atom stereocenters. The van der Waals surface area contributed by atoms with Crippen LogP contribution < -0.4 is 9.13 Å². The smallest absolute Gasteiger partial charge is 0.226 e. The molecule has 0 fully saturated rings. The van der Waals surface area contributed by atoms with E-state index >= 15 is 0 Å². The summed E-state index contributed by atoms with van der Waals surface area (Å²) in [5, 5.41) is 0. The van der Waals surface area contributed by atoms with E-state index in [9.17, 15) is 0 Å². The number of benzene rings is 5. The molecule has 0 amide bonds. The number of fused-ring (bicyclic) bond motifs is 2. The number of rotatable bonds is 4. The van der Waals surface area contributed by atoms with Crippen LogP contribution in [0.15, 0.2) is 109 Å². The van der Waals surface area contributed by atoms with Gasteiger partial charge in [0.1, 0.15) is 0 Å². The van der Waals surface area contributed by atoms with Crippen LogP contribution >= 0.6 is 0 Å². The van der Waals surface area contributed by atoms with Crippen LogP contribution in [0.1, 0.15) is 11.1 Å². The Bertz CT molecular complexity index is 1950. The number of aromatic nitrogens is 4. The van der Waals surface area contributed by atoms with Crippen LogP contribution in [0.3, 0.4) is 0 Å². The second-order valence-electron chi connectivity index (χ2n) is 11.6. The number of imidazole rings is 2. The normalized spacial score (nSPS) is 11.6. The lowest BCUT2D eigenvalue weighted by atomic mass is 9.99. The molecule has 0 N–H and O–H groups in total. The van der Waals surface area contributed by atoms with Gasteiger partial charge in [-0.05, 0) is 95.8 Å². The SMILES string of the molecule is Cc1ccc2c(c1)n(C)c(-c1ccc(-c3ccc(-c4ccc(-c5n(C)c6cc(C)ccc6[n+]5C)cc4)cc3)cc1)[n+]2C. The van der Waals surface area contributed by atoms with E-state index in [1.165, 1.54) is 78.2 Å². The van der Waals surface area contributed by atoms with Crippen LogP contribution in [0.5, 0.6) is 0 Å². The zero-order valence-electron chi connectivity index (χ0n) is 25.2. The van der Waals surface area contributed by atoms with Crippen molar-refractivity contribution in [3.63, 3.8) is 0 Å². The highest BCUT2D eigenvalue weighted by atomic mass is 15.1. The van der Waals surface area contributed by atoms with Gasteiger partial charge >= 0.3 is 0 Å². The van der Waals surface area contributed by atoms with Crippen molar-refractivity contribution in [1.29, 1.82) is 0 Å². The van der Waals surface area contributed by atoms with Crippen molar-refractivity contribution >= 4 is 22.1 Å². The van der Waals surface area contributed by atoms with E-state index in [2.05, 4.69) is 170 Å². The van der Waals surface area contributed by atoms with Crippen LogP contribution in [-0.4, -0.2) is 9.13 Å². The van der Waals surface area contributed by atoms with Crippen LogP contribution in [0.25, 0.3) is 67.1 Å². The van der Waals surface area contributed by atoms with Crippen molar-refractivity contribution in [2.75, 3.05) is 0 Å². The zero-order valence-corrected chi connectivity index (χ0v) is 25.2. The molecule has 42 heavy (non-hydrogen) atoms. The number of aryl methyl sites for hydroxylation is 6. The summed E-state index contributed by atoms with van der Waals surface area (Å²) in [5.74, 6) is 2.40. The molecule has 0 unspecified atom stereocenters. The average Bonchev–Trinajstić information content (AvgIpc) is 3.40. The van der Waals surface area contributed by atoms with Crippen LogP contribution in [0, 0.1) is 13.8 Å². The van der Waals surface area contributed by atoms with Crippen molar-refractivity contribution < 1.29 is 9.13 Å². The third kappa shape index (κ3) is 4.14. The summed E-state index contributed by atoms with van der Waals surface area (Å²) in [4.78, 5) is 0. The fraction of sp³-hybridized carbons (Fsp3) is 0.158. The van der Waals surface area contributed by atoms with E-state index in [1.807, 2.05) is 0 Å². The Hall–Kier alpha value is -4.96. The number of nitrogens with zero attached hydrogens (tertiary/aromatic N) is 4. The van der Waals surface area contributed by atoms with Crippen molar-refractivity contribution in [3.05, 3.63) is 120 Å². The quantitative estimate of drug-likeness (QED) is 0.202. The number of hydrogen-bond acceptors (Lipinski definition) is 0. The van der Waals surface area contributed by atoms with Gasteiger partial charge in [0.15, 0.2) is 22.1 Å². The molecule has 0 spiro atoms. The number of hydrogen-bond donors (Lipinski definition) is 0.